The first kappa shape index (κ1) is 23.7. The molecule has 1 fully saturated rings. The number of carbonyl (C=O) groups excluding carboxylic acids is 2. The topological polar surface area (TPSA) is 61.4 Å². The summed E-state index contributed by atoms with van der Waals surface area (Å²) in [6.45, 7) is 7.43. The van der Waals surface area contributed by atoms with E-state index in [1.807, 2.05) is 67.6 Å². The van der Waals surface area contributed by atoms with Gasteiger partial charge in [-0.1, -0.05) is 61.5 Å². The van der Waals surface area contributed by atoms with E-state index in [2.05, 4.69) is 22.5 Å². The van der Waals surface area contributed by atoms with Crippen molar-refractivity contribution in [3.63, 3.8) is 0 Å². The van der Waals surface area contributed by atoms with Crippen molar-refractivity contribution in [2.24, 2.45) is 5.92 Å². The van der Waals surface area contributed by atoms with Crippen LogP contribution in [0.2, 0.25) is 0 Å². The molecular weight excluding hydrogens is 422 g/mol. The molecule has 0 bridgehead atoms. The van der Waals surface area contributed by atoms with Gasteiger partial charge in [0.25, 0.3) is 11.8 Å². The van der Waals surface area contributed by atoms with E-state index in [4.69, 9.17) is 0 Å². The number of para-hydroxylation sites is 1. The molecule has 5 nitrogen and oxygen atoms in total. The van der Waals surface area contributed by atoms with Gasteiger partial charge in [0.1, 0.15) is 0 Å². The minimum atomic E-state index is -0.227. The molecule has 34 heavy (non-hydrogen) atoms. The predicted octanol–water partition coefficient (Wildman–Crippen LogP) is 5.66. The van der Waals surface area contributed by atoms with Crippen LogP contribution in [0.3, 0.4) is 0 Å². The van der Waals surface area contributed by atoms with Gasteiger partial charge in [0, 0.05) is 12.1 Å². The van der Waals surface area contributed by atoms with Crippen LogP contribution < -0.4 is 10.6 Å². The molecule has 3 aromatic carbocycles. The number of benzene rings is 3. The lowest BCUT2D eigenvalue weighted by molar-refractivity contribution is 0.0940. The van der Waals surface area contributed by atoms with Crippen molar-refractivity contribution >= 4 is 17.5 Å². The first-order valence-electron chi connectivity index (χ1n) is 12.1. The van der Waals surface area contributed by atoms with Crippen LogP contribution >= 0.6 is 0 Å². The summed E-state index contributed by atoms with van der Waals surface area (Å²) in [5.41, 5.74) is 3.74. The molecule has 1 aliphatic rings. The summed E-state index contributed by atoms with van der Waals surface area (Å²) in [7, 11) is 0. The highest BCUT2D eigenvalue weighted by molar-refractivity contribution is 6.09. The maximum atomic E-state index is 13.0. The van der Waals surface area contributed by atoms with Crippen LogP contribution in [0.25, 0.3) is 0 Å². The molecule has 0 aromatic heterocycles. The van der Waals surface area contributed by atoms with E-state index in [1.165, 1.54) is 18.4 Å². The van der Waals surface area contributed by atoms with Gasteiger partial charge in [-0.15, -0.1) is 0 Å². The zero-order valence-corrected chi connectivity index (χ0v) is 20.0. The molecule has 0 unspecified atom stereocenters. The molecule has 1 saturated heterocycles. The van der Waals surface area contributed by atoms with Crippen molar-refractivity contribution in [3.05, 3.63) is 101 Å². The van der Waals surface area contributed by atoms with Crippen molar-refractivity contribution in [3.8, 4) is 0 Å². The molecule has 5 heteroatoms. The summed E-state index contributed by atoms with van der Waals surface area (Å²) in [6, 6.07) is 24.5. The second-order valence-electron chi connectivity index (χ2n) is 9.26. The Morgan fingerprint density at radius 3 is 2.24 bits per heavy atom. The average Bonchev–Trinajstić information content (AvgIpc) is 2.86. The molecule has 3 aromatic rings. The highest BCUT2D eigenvalue weighted by Gasteiger charge is 2.18. The molecule has 0 spiro atoms. The summed E-state index contributed by atoms with van der Waals surface area (Å²) in [5.74, 6) is 0.363. The zero-order chi connectivity index (χ0) is 23.9. The molecule has 0 aliphatic carbocycles. The van der Waals surface area contributed by atoms with Gasteiger partial charge in [-0.2, -0.15) is 0 Å². The second-order valence-corrected chi connectivity index (χ2v) is 9.26. The van der Waals surface area contributed by atoms with E-state index >= 15 is 0 Å². The van der Waals surface area contributed by atoms with Crippen molar-refractivity contribution in [1.82, 2.24) is 10.2 Å². The predicted molar refractivity (Wildman–Crippen MR) is 137 cm³/mol. The monoisotopic (exact) mass is 455 g/mol. The van der Waals surface area contributed by atoms with E-state index in [0.717, 1.165) is 31.1 Å². The smallest absolute Gasteiger partial charge is 0.255 e. The molecule has 1 aliphatic heterocycles. The minimum absolute atomic E-state index is 0.145. The van der Waals surface area contributed by atoms with Crippen LogP contribution in [0.5, 0.6) is 0 Å². The Balaban J connectivity index is 1.39. The van der Waals surface area contributed by atoms with E-state index in [-0.39, 0.29) is 17.9 Å². The first-order chi connectivity index (χ1) is 16.5. The quantitative estimate of drug-likeness (QED) is 0.483. The molecule has 1 atom stereocenters. The molecule has 4 rings (SSSR count). The summed E-state index contributed by atoms with van der Waals surface area (Å²) in [4.78, 5) is 28.3. The standard InChI is InChI=1S/C29H33N3O2/c1-21-16-18-32(19-17-21)20-23-12-14-25(15-13-23)28(33)31-27-11-7-6-10-26(27)29(34)30-22(2)24-8-4-3-5-9-24/h3-15,21-22H,16-20H2,1-2H3,(H,30,34)(H,31,33)/t22-/m0/s1. The Hall–Kier alpha value is -3.44. The third kappa shape index (κ3) is 6.12. The number of piperidine rings is 1. The van der Waals surface area contributed by atoms with Crippen LogP contribution in [-0.4, -0.2) is 29.8 Å². The highest BCUT2D eigenvalue weighted by Crippen LogP contribution is 2.20. The Bertz CT molecular complexity index is 1100. The fourth-order valence-corrected chi connectivity index (χ4v) is 4.32. The van der Waals surface area contributed by atoms with Crippen molar-refractivity contribution in [2.45, 2.75) is 39.3 Å². The fraction of sp³-hybridized carbons (Fsp3) is 0.310. The Morgan fingerprint density at radius 2 is 1.53 bits per heavy atom. The molecule has 2 amide bonds. The van der Waals surface area contributed by atoms with E-state index in [1.54, 1.807) is 18.2 Å². The van der Waals surface area contributed by atoms with Gasteiger partial charge in [-0.3, -0.25) is 14.5 Å². The number of hydrogen-bond donors (Lipinski definition) is 2. The number of likely N-dealkylation sites (tertiary alicyclic amines) is 1. The first-order valence-corrected chi connectivity index (χ1v) is 12.1. The van der Waals surface area contributed by atoms with Crippen LogP contribution in [0.15, 0.2) is 78.9 Å². The number of anilines is 1. The van der Waals surface area contributed by atoms with Crippen LogP contribution in [0, 0.1) is 5.92 Å². The average molecular weight is 456 g/mol. The third-order valence-electron chi connectivity index (χ3n) is 6.57. The summed E-state index contributed by atoms with van der Waals surface area (Å²) in [6.07, 6.45) is 2.50. The zero-order valence-electron chi connectivity index (χ0n) is 20.0. The number of hydrogen-bond acceptors (Lipinski definition) is 3. The van der Waals surface area contributed by atoms with Crippen LogP contribution in [0.4, 0.5) is 5.69 Å². The van der Waals surface area contributed by atoms with E-state index in [0.29, 0.717) is 16.8 Å². The van der Waals surface area contributed by atoms with Gasteiger partial charge >= 0.3 is 0 Å². The number of carbonyl (C=O) groups is 2. The number of rotatable bonds is 7. The second kappa shape index (κ2) is 11.1. The van der Waals surface area contributed by atoms with E-state index in [9.17, 15) is 9.59 Å². The lowest BCUT2D eigenvalue weighted by Crippen LogP contribution is -2.32. The molecule has 1 heterocycles. The SMILES string of the molecule is CC1CCN(Cc2ccc(C(=O)Nc3ccccc3C(=O)N[C@@H](C)c3ccccc3)cc2)CC1. The summed E-state index contributed by atoms with van der Waals surface area (Å²) < 4.78 is 0. The fourth-order valence-electron chi connectivity index (χ4n) is 4.32. The number of amides is 2. The van der Waals surface area contributed by atoms with Gasteiger partial charge in [0.15, 0.2) is 0 Å². The number of nitrogens with zero attached hydrogens (tertiary/aromatic N) is 1. The van der Waals surface area contributed by atoms with E-state index < -0.39 is 0 Å². The van der Waals surface area contributed by atoms with Gasteiger partial charge < -0.3 is 10.6 Å². The van der Waals surface area contributed by atoms with Gasteiger partial charge in [0.05, 0.1) is 17.3 Å². The Labute approximate surface area is 202 Å². The molecule has 176 valence electrons. The largest absolute Gasteiger partial charge is 0.345 e. The Kier molecular flexibility index (Phi) is 7.76. The van der Waals surface area contributed by atoms with Gasteiger partial charge in [-0.25, -0.2) is 0 Å². The molecule has 2 N–H and O–H groups in total. The summed E-state index contributed by atoms with van der Waals surface area (Å²) >= 11 is 0. The number of nitrogens with one attached hydrogen (secondary N) is 2. The highest BCUT2D eigenvalue weighted by atomic mass is 16.2. The van der Waals surface area contributed by atoms with Crippen molar-refractivity contribution < 1.29 is 9.59 Å². The van der Waals surface area contributed by atoms with Crippen LogP contribution in [-0.2, 0) is 6.54 Å². The van der Waals surface area contributed by atoms with Gasteiger partial charge in [-0.05, 0) is 74.2 Å². The third-order valence-corrected chi connectivity index (χ3v) is 6.57. The minimum Gasteiger partial charge on any atom is -0.345 e. The maximum Gasteiger partial charge on any atom is 0.255 e. The van der Waals surface area contributed by atoms with Crippen LogP contribution in [0.1, 0.15) is 64.6 Å². The molecule has 0 radical (unpaired) electrons. The molecule has 0 saturated carbocycles. The lowest BCUT2D eigenvalue weighted by Gasteiger charge is -2.30. The maximum absolute atomic E-state index is 13.0. The molecular formula is C29H33N3O2. The van der Waals surface area contributed by atoms with Gasteiger partial charge in [0.2, 0.25) is 0 Å². The van der Waals surface area contributed by atoms with Crippen molar-refractivity contribution in [2.75, 3.05) is 18.4 Å². The lowest BCUT2D eigenvalue weighted by atomic mass is 9.99. The summed E-state index contributed by atoms with van der Waals surface area (Å²) in [5, 5.41) is 5.94. The Morgan fingerprint density at radius 1 is 0.882 bits per heavy atom. The normalized spacial score (nSPS) is 15.5. The van der Waals surface area contributed by atoms with Crippen molar-refractivity contribution in [1.29, 1.82) is 0 Å².